The van der Waals surface area contributed by atoms with Gasteiger partial charge in [-0.2, -0.15) is 0 Å². The van der Waals surface area contributed by atoms with Gasteiger partial charge >= 0.3 is 0 Å². The van der Waals surface area contributed by atoms with Crippen LogP contribution in [0, 0.1) is 0 Å². The van der Waals surface area contributed by atoms with E-state index in [2.05, 4.69) is 22.5 Å². The molecule has 0 unspecified atom stereocenters. The standard InChI is InChI=1S/C19H23N3O2S/c1-3-5-17(23)22-16-9-6-14(7-10-16)12-21-19(24)15-8-11-18(20-13-15)25-4-2/h6-11,13H,3-5,12H2,1-2H3,(H,21,24)(H,22,23). The maximum absolute atomic E-state index is 12.2. The highest BCUT2D eigenvalue weighted by atomic mass is 32.2. The Bertz CT molecular complexity index is 700. The molecule has 0 atom stereocenters. The average molecular weight is 357 g/mol. The van der Waals surface area contributed by atoms with Gasteiger partial charge in [0.25, 0.3) is 5.91 Å². The molecule has 132 valence electrons. The largest absolute Gasteiger partial charge is 0.348 e. The number of thioether (sulfide) groups is 1. The number of amides is 2. The summed E-state index contributed by atoms with van der Waals surface area (Å²) >= 11 is 1.64. The summed E-state index contributed by atoms with van der Waals surface area (Å²) in [7, 11) is 0. The van der Waals surface area contributed by atoms with Gasteiger partial charge in [0.05, 0.1) is 10.6 Å². The number of anilines is 1. The number of aromatic nitrogens is 1. The van der Waals surface area contributed by atoms with E-state index in [1.165, 1.54) is 0 Å². The minimum Gasteiger partial charge on any atom is -0.348 e. The summed E-state index contributed by atoms with van der Waals surface area (Å²) in [6, 6.07) is 11.1. The predicted molar refractivity (Wildman–Crippen MR) is 102 cm³/mol. The molecule has 2 N–H and O–H groups in total. The molecule has 0 fully saturated rings. The third kappa shape index (κ3) is 6.23. The molecule has 1 aromatic heterocycles. The number of carbonyl (C=O) groups excluding carboxylic acids is 2. The first kappa shape index (κ1) is 19.0. The normalized spacial score (nSPS) is 10.3. The molecule has 0 saturated carbocycles. The molecular weight excluding hydrogens is 334 g/mol. The Hall–Kier alpha value is -2.34. The van der Waals surface area contributed by atoms with Crippen molar-refractivity contribution in [2.24, 2.45) is 0 Å². The fraction of sp³-hybridized carbons (Fsp3) is 0.316. The molecule has 2 amide bonds. The molecule has 1 heterocycles. The summed E-state index contributed by atoms with van der Waals surface area (Å²) in [5.41, 5.74) is 2.28. The number of carbonyl (C=O) groups is 2. The van der Waals surface area contributed by atoms with E-state index >= 15 is 0 Å². The van der Waals surface area contributed by atoms with E-state index in [1.807, 2.05) is 37.3 Å². The van der Waals surface area contributed by atoms with E-state index in [9.17, 15) is 9.59 Å². The first-order valence-corrected chi connectivity index (χ1v) is 9.36. The molecule has 0 saturated heterocycles. The van der Waals surface area contributed by atoms with Crippen molar-refractivity contribution in [3.8, 4) is 0 Å². The Morgan fingerprint density at radius 1 is 1.08 bits per heavy atom. The molecule has 0 spiro atoms. The van der Waals surface area contributed by atoms with Gasteiger partial charge in [-0.15, -0.1) is 11.8 Å². The Balaban J connectivity index is 1.85. The molecule has 1 aromatic carbocycles. The molecule has 0 aliphatic heterocycles. The second-order valence-corrected chi connectivity index (χ2v) is 6.78. The molecule has 2 aromatic rings. The zero-order valence-electron chi connectivity index (χ0n) is 14.5. The van der Waals surface area contributed by atoms with Gasteiger partial charge in [0, 0.05) is 24.8 Å². The summed E-state index contributed by atoms with van der Waals surface area (Å²) in [6.45, 7) is 4.46. The third-order valence-electron chi connectivity index (χ3n) is 3.46. The first-order valence-electron chi connectivity index (χ1n) is 8.38. The molecule has 0 radical (unpaired) electrons. The number of hydrogen-bond acceptors (Lipinski definition) is 4. The van der Waals surface area contributed by atoms with Gasteiger partial charge in [0.2, 0.25) is 5.91 Å². The zero-order chi connectivity index (χ0) is 18.1. The van der Waals surface area contributed by atoms with Crippen LogP contribution in [0.4, 0.5) is 5.69 Å². The number of rotatable bonds is 8. The van der Waals surface area contributed by atoms with Gasteiger partial charge in [-0.3, -0.25) is 9.59 Å². The second kappa shape index (κ2) is 9.84. The van der Waals surface area contributed by atoms with Gasteiger partial charge in [0.15, 0.2) is 0 Å². The lowest BCUT2D eigenvalue weighted by Crippen LogP contribution is -2.22. The van der Waals surface area contributed by atoms with Crippen LogP contribution in [-0.4, -0.2) is 22.6 Å². The van der Waals surface area contributed by atoms with E-state index in [4.69, 9.17) is 0 Å². The van der Waals surface area contributed by atoms with Crippen LogP contribution in [0.1, 0.15) is 42.6 Å². The quantitative estimate of drug-likeness (QED) is 0.704. The van der Waals surface area contributed by atoms with Crippen molar-refractivity contribution < 1.29 is 9.59 Å². The van der Waals surface area contributed by atoms with E-state index in [-0.39, 0.29) is 11.8 Å². The van der Waals surface area contributed by atoms with Crippen LogP contribution in [0.25, 0.3) is 0 Å². The molecule has 0 aliphatic carbocycles. The van der Waals surface area contributed by atoms with Crippen LogP contribution < -0.4 is 10.6 Å². The summed E-state index contributed by atoms with van der Waals surface area (Å²) in [4.78, 5) is 28.0. The summed E-state index contributed by atoms with van der Waals surface area (Å²) in [5.74, 6) is 0.814. The summed E-state index contributed by atoms with van der Waals surface area (Å²) < 4.78 is 0. The second-order valence-electron chi connectivity index (χ2n) is 5.50. The minimum absolute atomic E-state index is 0.0146. The number of nitrogens with one attached hydrogen (secondary N) is 2. The first-order chi connectivity index (χ1) is 12.1. The topological polar surface area (TPSA) is 71.1 Å². The number of nitrogens with zero attached hydrogens (tertiary/aromatic N) is 1. The fourth-order valence-electron chi connectivity index (χ4n) is 2.19. The van der Waals surface area contributed by atoms with Crippen LogP contribution in [0.5, 0.6) is 0 Å². The Morgan fingerprint density at radius 2 is 1.84 bits per heavy atom. The SMILES string of the molecule is CCCC(=O)Nc1ccc(CNC(=O)c2ccc(SCC)nc2)cc1. The van der Waals surface area contributed by atoms with Gasteiger partial charge in [-0.25, -0.2) is 4.98 Å². The molecular formula is C19H23N3O2S. The summed E-state index contributed by atoms with van der Waals surface area (Å²) in [5, 5.41) is 6.63. The van der Waals surface area contributed by atoms with E-state index in [1.54, 1.807) is 24.0 Å². The van der Waals surface area contributed by atoms with Gasteiger partial charge < -0.3 is 10.6 Å². The van der Waals surface area contributed by atoms with E-state index in [0.29, 0.717) is 18.5 Å². The Labute approximate surface area is 152 Å². The molecule has 0 aliphatic rings. The van der Waals surface area contributed by atoms with Gasteiger partial charge in [-0.1, -0.05) is 26.0 Å². The van der Waals surface area contributed by atoms with Crippen molar-refractivity contribution in [1.29, 1.82) is 0 Å². The molecule has 6 heteroatoms. The molecule has 5 nitrogen and oxygen atoms in total. The fourth-order valence-corrected chi connectivity index (χ4v) is 2.78. The van der Waals surface area contributed by atoms with E-state index in [0.717, 1.165) is 28.5 Å². The average Bonchev–Trinajstić information content (AvgIpc) is 2.62. The third-order valence-corrected chi connectivity index (χ3v) is 4.28. The van der Waals surface area contributed by atoms with Crippen LogP contribution in [0.3, 0.4) is 0 Å². The summed E-state index contributed by atoms with van der Waals surface area (Å²) in [6.07, 6.45) is 2.93. The number of hydrogen-bond donors (Lipinski definition) is 2. The lowest BCUT2D eigenvalue weighted by Gasteiger charge is -2.08. The molecule has 0 bridgehead atoms. The van der Waals surface area contributed by atoms with Gasteiger partial charge in [-0.05, 0) is 42.0 Å². The highest BCUT2D eigenvalue weighted by molar-refractivity contribution is 7.99. The number of benzene rings is 1. The lowest BCUT2D eigenvalue weighted by molar-refractivity contribution is -0.116. The van der Waals surface area contributed by atoms with Crippen LogP contribution in [0.2, 0.25) is 0 Å². The lowest BCUT2D eigenvalue weighted by atomic mass is 10.2. The van der Waals surface area contributed by atoms with Crippen molar-refractivity contribution in [2.45, 2.75) is 38.3 Å². The highest BCUT2D eigenvalue weighted by Gasteiger charge is 2.06. The predicted octanol–water partition coefficient (Wildman–Crippen LogP) is 3.86. The monoisotopic (exact) mass is 357 g/mol. The number of pyridine rings is 1. The highest BCUT2D eigenvalue weighted by Crippen LogP contribution is 2.14. The van der Waals surface area contributed by atoms with Crippen molar-refractivity contribution in [2.75, 3.05) is 11.1 Å². The maximum Gasteiger partial charge on any atom is 0.253 e. The van der Waals surface area contributed by atoms with Crippen molar-refractivity contribution in [1.82, 2.24) is 10.3 Å². The minimum atomic E-state index is -0.152. The van der Waals surface area contributed by atoms with Crippen molar-refractivity contribution in [3.63, 3.8) is 0 Å². The van der Waals surface area contributed by atoms with Crippen LogP contribution in [0.15, 0.2) is 47.6 Å². The molecule has 2 rings (SSSR count). The smallest absolute Gasteiger partial charge is 0.253 e. The molecule has 25 heavy (non-hydrogen) atoms. The van der Waals surface area contributed by atoms with Crippen LogP contribution in [-0.2, 0) is 11.3 Å². The van der Waals surface area contributed by atoms with Crippen LogP contribution >= 0.6 is 11.8 Å². The van der Waals surface area contributed by atoms with E-state index < -0.39 is 0 Å². The zero-order valence-corrected chi connectivity index (χ0v) is 15.4. The maximum atomic E-state index is 12.2. The van der Waals surface area contributed by atoms with Crippen molar-refractivity contribution in [3.05, 3.63) is 53.7 Å². The van der Waals surface area contributed by atoms with Crippen molar-refractivity contribution >= 4 is 29.3 Å². The van der Waals surface area contributed by atoms with Gasteiger partial charge in [0.1, 0.15) is 0 Å². The Morgan fingerprint density at radius 3 is 2.44 bits per heavy atom. The Kier molecular flexibility index (Phi) is 7.47.